The van der Waals surface area contributed by atoms with Crippen LogP contribution in [0, 0.1) is 11.8 Å². The Bertz CT molecular complexity index is 669. The lowest BCUT2D eigenvalue weighted by Gasteiger charge is -2.52. The zero-order chi connectivity index (χ0) is 17.6. The average Bonchev–Trinajstić information content (AvgIpc) is 3.41. The number of methoxy groups -OCH3 is 1. The van der Waals surface area contributed by atoms with Crippen molar-refractivity contribution in [3.8, 4) is 5.75 Å². The lowest BCUT2D eigenvalue weighted by molar-refractivity contribution is -0.142. The highest BCUT2D eigenvalue weighted by atomic mass is 16.5. The molecule has 0 radical (unpaired) electrons. The number of fused-ring (bicyclic) bond motifs is 4. The number of hydrogen-bond acceptors (Lipinski definition) is 3. The van der Waals surface area contributed by atoms with Gasteiger partial charge in [-0.05, 0) is 79.7 Å². The molecule has 2 fully saturated rings. The van der Waals surface area contributed by atoms with Crippen molar-refractivity contribution in [3.05, 3.63) is 29.3 Å². The molecule has 0 spiro atoms. The third kappa shape index (κ3) is 3.17. The van der Waals surface area contributed by atoms with Crippen LogP contribution >= 0.6 is 0 Å². The molecule has 0 amide bonds. The van der Waals surface area contributed by atoms with Crippen molar-refractivity contribution in [2.24, 2.45) is 11.8 Å². The van der Waals surface area contributed by atoms with Gasteiger partial charge in [-0.15, -0.1) is 0 Å². The van der Waals surface area contributed by atoms with E-state index in [2.05, 4.69) is 23.1 Å². The van der Waals surface area contributed by atoms with E-state index in [0.717, 1.165) is 43.9 Å². The third-order valence-corrected chi connectivity index (χ3v) is 6.67. The lowest BCUT2D eigenvalue weighted by atomic mass is 9.60. The van der Waals surface area contributed by atoms with E-state index in [4.69, 9.17) is 4.74 Å². The Kier molecular flexibility index (Phi) is 4.27. The minimum Gasteiger partial charge on any atom is -0.497 e. The Morgan fingerprint density at radius 1 is 1.44 bits per heavy atom. The molecule has 3 unspecified atom stereocenters. The van der Waals surface area contributed by atoms with E-state index < -0.39 is 5.97 Å². The zero-order valence-corrected chi connectivity index (χ0v) is 15.3. The van der Waals surface area contributed by atoms with Gasteiger partial charge in [0.1, 0.15) is 5.75 Å². The summed E-state index contributed by atoms with van der Waals surface area (Å²) in [7, 11) is 1.71. The van der Waals surface area contributed by atoms with Crippen LogP contribution in [0.5, 0.6) is 5.75 Å². The summed E-state index contributed by atoms with van der Waals surface area (Å²) in [6.07, 6.45) is 6.76. The van der Waals surface area contributed by atoms with Crippen LogP contribution in [0.4, 0.5) is 0 Å². The summed E-state index contributed by atoms with van der Waals surface area (Å²) in [6.45, 7) is 4.20. The molecule has 25 heavy (non-hydrogen) atoms. The topological polar surface area (TPSA) is 49.8 Å². The van der Waals surface area contributed by atoms with Gasteiger partial charge >= 0.3 is 5.97 Å². The number of aliphatic carboxylic acids is 1. The van der Waals surface area contributed by atoms with E-state index in [9.17, 15) is 9.90 Å². The van der Waals surface area contributed by atoms with Gasteiger partial charge in [-0.2, -0.15) is 0 Å². The van der Waals surface area contributed by atoms with Crippen molar-refractivity contribution in [2.45, 2.75) is 56.9 Å². The van der Waals surface area contributed by atoms with Crippen molar-refractivity contribution in [3.63, 3.8) is 0 Å². The summed E-state index contributed by atoms with van der Waals surface area (Å²) >= 11 is 0. The van der Waals surface area contributed by atoms with Gasteiger partial charge < -0.3 is 9.84 Å². The molecule has 3 atom stereocenters. The second-order valence-electron chi connectivity index (χ2n) is 8.50. The maximum atomic E-state index is 11.5. The minimum absolute atomic E-state index is 0.00928. The Hall–Kier alpha value is -1.55. The number of hydrogen-bond donors (Lipinski definition) is 1. The van der Waals surface area contributed by atoms with Gasteiger partial charge in [-0.3, -0.25) is 9.69 Å². The molecule has 1 aliphatic heterocycles. The van der Waals surface area contributed by atoms with Crippen LogP contribution in [0.2, 0.25) is 0 Å². The highest BCUT2D eigenvalue weighted by Gasteiger charge is 2.47. The molecule has 1 saturated heterocycles. The number of likely N-dealkylation sites (tertiary alicyclic amines) is 1. The average molecular weight is 343 g/mol. The van der Waals surface area contributed by atoms with E-state index in [1.807, 2.05) is 6.92 Å². The predicted octanol–water partition coefficient (Wildman–Crippen LogP) is 3.47. The van der Waals surface area contributed by atoms with Crippen LogP contribution in [-0.4, -0.2) is 42.2 Å². The standard InChI is InChI=1S/C21H29NO3/c1-14(20(23)24)11-21-7-8-22(13-15-3-4-15)17(12-21)9-16-5-6-18(25-2)10-19(16)21/h5-6,10,14-15,17H,3-4,7-9,11-13H2,1-2H3,(H,23,24). The monoisotopic (exact) mass is 343 g/mol. The molecule has 3 aliphatic rings. The molecule has 0 aromatic heterocycles. The first-order chi connectivity index (χ1) is 12.0. The fourth-order valence-corrected chi connectivity index (χ4v) is 5.12. The van der Waals surface area contributed by atoms with Gasteiger partial charge in [0.15, 0.2) is 0 Å². The molecule has 1 aromatic rings. The number of nitrogens with zero attached hydrogens (tertiary/aromatic N) is 1. The van der Waals surface area contributed by atoms with Crippen LogP contribution in [0.25, 0.3) is 0 Å². The molecule has 4 heteroatoms. The third-order valence-electron chi connectivity index (χ3n) is 6.67. The second kappa shape index (κ2) is 6.31. The molecule has 2 aliphatic carbocycles. The van der Waals surface area contributed by atoms with Gasteiger partial charge in [0.2, 0.25) is 0 Å². The van der Waals surface area contributed by atoms with E-state index >= 15 is 0 Å². The van der Waals surface area contributed by atoms with E-state index in [1.165, 1.54) is 30.5 Å². The number of piperidine rings is 1. The molecule has 136 valence electrons. The van der Waals surface area contributed by atoms with Crippen LogP contribution < -0.4 is 4.74 Å². The first-order valence-corrected chi connectivity index (χ1v) is 9.65. The Morgan fingerprint density at radius 3 is 2.92 bits per heavy atom. The van der Waals surface area contributed by atoms with Crippen molar-refractivity contribution in [1.82, 2.24) is 4.90 Å². The molecule has 1 heterocycles. The highest BCUT2D eigenvalue weighted by Crippen LogP contribution is 2.50. The molecule has 1 saturated carbocycles. The van der Waals surface area contributed by atoms with E-state index in [1.54, 1.807) is 7.11 Å². The smallest absolute Gasteiger partial charge is 0.306 e. The summed E-state index contributed by atoms with van der Waals surface area (Å²) < 4.78 is 5.47. The first-order valence-electron chi connectivity index (χ1n) is 9.65. The second-order valence-corrected chi connectivity index (χ2v) is 8.50. The van der Waals surface area contributed by atoms with Crippen LogP contribution in [0.3, 0.4) is 0 Å². The fourth-order valence-electron chi connectivity index (χ4n) is 5.12. The Labute approximate surface area is 150 Å². The first kappa shape index (κ1) is 16.9. The quantitative estimate of drug-likeness (QED) is 0.859. The summed E-state index contributed by atoms with van der Waals surface area (Å²) in [5.74, 6) is 0.803. The number of ether oxygens (including phenoxy) is 1. The van der Waals surface area contributed by atoms with Crippen molar-refractivity contribution in [2.75, 3.05) is 20.2 Å². The normalized spacial score (nSPS) is 29.8. The molecule has 2 bridgehead atoms. The number of benzene rings is 1. The zero-order valence-electron chi connectivity index (χ0n) is 15.3. The molecular weight excluding hydrogens is 314 g/mol. The SMILES string of the molecule is COc1ccc2c(c1)C1(CC(C)C(=O)O)CCN(CC3CC3)C(C2)C1. The lowest BCUT2D eigenvalue weighted by Crippen LogP contribution is -2.54. The van der Waals surface area contributed by atoms with Crippen LogP contribution in [0.15, 0.2) is 18.2 Å². The largest absolute Gasteiger partial charge is 0.497 e. The fraction of sp³-hybridized carbons (Fsp3) is 0.667. The number of carbonyl (C=O) groups is 1. The van der Waals surface area contributed by atoms with Crippen LogP contribution in [0.1, 0.15) is 50.2 Å². The van der Waals surface area contributed by atoms with Crippen molar-refractivity contribution in [1.29, 1.82) is 0 Å². The predicted molar refractivity (Wildman–Crippen MR) is 97.1 cm³/mol. The van der Waals surface area contributed by atoms with Gasteiger partial charge in [0.25, 0.3) is 0 Å². The Balaban J connectivity index is 1.68. The molecular formula is C21H29NO3. The van der Waals surface area contributed by atoms with Gasteiger partial charge in [0, 0.05) is 12.6 Å². The number of carboxylic acid groups (broad SMARTS) is 1. The van der Waals surface area contributed by atoms with Gasteiger partial charge in [0.05, 0.1) is 13.0 Å². The molecule has 4 rings (SSSR count). The van der Waals surface area contributed by atoms with Crippen LogP contribution in [-0.2, 0) is 16.6 Å². The van der Waals surface area contributed by atoms with E-state index in [0.29, 0.717) is 6.04 Å². The van der Waals surface area contributed by atoms with Crippen molar-refractivity contribution >= 4 is 5.97 Å². The maximum absolute atomic E-state index is 11.5. The van der Waals surface area contributed by atoms with E-state index in [-0.39, 0.29) is 11.3 Å². The molecule has 1 N–H and O–H groups in total. The summed E-state index contributed by atoms with van der Waals surface area (Å²) in [6, 6.07) is 7.01. The summed E-state index contributed by atoms with van der Waals surface area (Å²) in [4.78, 5) is 14.2. The van der Waals surface area contributed by atoms with Gasteiger partial charge in [-0.1, -0.05) is 13.0 Å². The number of rotatable bonds is 6. The van der Waals surface area contributed by atoms with Gasteiger partial charge in [-0.25, -0.2) is 0 Å². The molecule has 1 aromatic carbocycles. The minimum atomic E-state index is -0.679. The Morgan fingerprint density at radius 2 is 2.24 bits per heavy atom. The number of carboxylic acids is 1. The van der Waals surface area contributed by atoms with Crippen molar-refractivity contribution < 1.29 is 14.6 Å². The highest BCUT2D eigenvalue weighted by molar-refractivity contribution is 5.69. The summed E-state index contributed by atoms with van der Waals surface area (Å²) in [5, 5.41) is 9.50. The molecule has 4 nitrogen and oxygen atoms in total. The summed E-state index contributed by atoms with van der Waals surface area (Å²) in [5.41, 5.74) is 2.74. The maximum Gasteiger partial charge on any atom is 0.306 e.